The van der Waals surface area contributed by atoms with Crippen LogP contribution in [0, 0.1) is 0 Å². The van der Waals surface area contributed by atoms with Crippen molar-refractivity contribution in [3.63, 3.8) is 0 Å². The van der Waals surface area contributed by atoms with Gasteiger partial charge in [0.1, 0.15) is 24.4 Å². The molecule has 0 bridgehead atoms. The Morgan fingerprint density at radius 3 is 2.18 bits per heavy atom. The lowest BCUT2D eigenvalue weighted by atomic mass is 10.0. The molecule has 0 spiro atoms. The molecule has 17 heavy (non-hydrogen) atoms. The summed E-state index contributed by atoms with van der Waals surface area (Å²) in [5.41, 5.74) is 0. The summed E-state index contributed by atoms with van der Waals surface area (Å²) in [7, 11) is 0. The normalized spacial score (nSPS) is 17.2. The van der Waals surface area contributed by atoms with Gasteiger partial charge in [0.25, 0.3) is 0 Å². The highest BCUT2D eigenvalue weighted by atomic mass is 16.4. The Hall–Kier alpha value is -1.32. The van der Waals surface area contributed by atoms with Gasteiger partial charge in [-0.2, -0.15) is 5.10 Å². The number of aromatic nitrogens is 2. The van der Waals surface area contributed by atoms with E-state index in [1.54, 1.807) is 12.4 Å². The molecule has 0 amide bonds. The second kappa shape index (κ2) is 8.79. The fraction of sp³-hybridized carbons (Fsp3) is 0.556. The van der Waals surface area contributed by atoms with Crippen LogP contribution in [0.1, 0.15) is 0 Å². The average molecular weight is 248 g/mol. The van der Waals surface area contributed by atoms with Crippen molar-refractivity contribution in [1.82, 2.24) is 10.2 Å². The van der Waals surface area contributed by atoms with Gasteiger partial charge in [-0.3, -0.25) is 5.10 Å². The summed E-state index contributed by atoms with van der Waals surface area (Å²) >= 11 is 0. The van der Waals surface area contributed by atoms with Crippen molar-refractivity contribution in [2.75, 3.05) is 6.61 Å². The minimum absolute atomic E-state index is 0.0258. The number of aromatic amines is 1. The molecule has 0 aliphatic carbocycles. The smallest absolute Gasteiger partial charge is 0.151 e. The monoisotopic (exact) mass is 248 g/mol. The van der Waals surface area contributed by atoms with Crippen molar-refractivity contribution in [3.8, 4) is 0 Å². The molecule has 8 heteroatoms. The van der Waals surface area contributed by atoms with Crippen LogP contribution < -0.4 is 0 Å². The Bertz CT molecular complexity index is 264. The van der Waals surface area contributed by atoms with E-state index in [2.05, 4.69) is 10.2 Å². The van der Waals surface area contributed by atoms with Crippen molar-refractivity contribution >= 4 is 6.29 Å². The zero-order valence-electron chi connectivity index (χ0n) is 8.92. The molecule has 98 valence electrons. The predicted octanol–water partition coefficient (Wildman–Crippen LogP) is -2.97. The third-order valence-corrected chi connectivity index (χ3v) is 1.83. The average Bonchev–Trinajstić information content (AvgIpc) is 2.93. The van der Waals surface area contributed by atoms with E-state index in [1.807, 2.05) is 6.07 Å². The lowest BCUT2D eigenvalue weighted by Crippen LogP contribution is -2.46. The Morgan fingerprint density at radius 2 is 1.88 bits per heavy atom. The fourth-order valence-corrected chi connectivity index (χ4v) is 0.833. The van der Waals surface area contributed by atoms with Crippen LogP contribution in [-0.2, 0) is 4.79 Å². The van der Waals surface area contributed by atoms with Gasteiger partial charge in [0.2, 0.25) is 0 Å². The fourth-order valence-electron chi connectivity index (χ4n) is 0.833. The molecule has 1 heterocycles. The van der Waals surface area contributed by atoms with Crippen molar-refractivity contribution in [3.05, 3.63) is 18.5 Å². The molecule has 0 aliphatic heterocycles. The number of hydrogen-bond donors (Lipinski definition) is 6. The standard InChI is InChI=1S/C6H12O6.C3H4N2/c7-1-3(9)5(11)6(12)4(10)2-8;1-2-4-5-3-1/h1,3-6,8-12H,2H2;1-3H,(H,4,5). The summed E-state index contributed by atoms with van der Waals surface area (Å²) in [5.74, 6) is 0. The van der Waals surface area contributed by atoms with Gasteiger partial charge in [-0.25, -0.2) is 0 Å². The quantitative estimate of drug-likeness (QED) is 0.305. The molecular formula is C9H16N2O6. The molecular weight excluding hydrogens is 232 g/mol. The Kier molecular flexibility index (Phi) is 8.11. The van der Waals surface area contributed by atoms with Crippen LogP contribution in [-0.4, -0.2) is 73.0 Å². The van der Waals surface area contributed by atoms with E-state index in [4.69, 9.17) is 25.5 Å². The zero-order valence-corrected chi connectivity index (χ0v) is 8.92. The van der Waals surface area contributed by atoms with Gasteiger partial charge in [0.15, 0.2) is 6.29 Å². The summed E-state index contributed by atoms with van der Waals surface area (Å²) in [4.78, 5) is 9.90. The predicted molar refractivity (Wildman–Crippen MR) is 55.8 cm³/mol. The molecule has 4 atom stereocenters. The highest BCUT2D eigenvalue weighted by molar-refractivity contribution is 5.56. The maximum atomic E-state index is 9.90. The first-order chi connectivity index (χ1) is 8.04. The van der Waals surface area contributed by atoms with Crippen molar-refractivity contribution in [2.45, 2.75) is 24.4 Å². The first kappa shape index (κ1) is 15.7. The summed E-state index contributed by atoms with van der Waals surface area (Å²) in [6, 6.07) is 1.83. The number of rotatable bonds is 5. The Balaban J connectivity index is 0.000000419. The maximum absolute atomic E-state index is 9.90. The third kappa shape index (κ3) is 6.09. The van der Waals surface area contributed by atoms with Crippen LogP contribution in [0.4, 0.5) is 0 Å². The topological polar surface area (TPSA) is 147 Å². The van der Waals surface area contributed by atoms with E-state index < -0.39 is 31.0 Å². The number of aliphatic hydroxyl groups excluding tert-OH is 5. The Morgan fingerprint density at radius 1 is 1.24 bits per heavy atom. The van der Waals surface area contributed by atoms with Crippen LogP contribution in [0.5, 0.6) is 0 Å². The lowest BCUT2D eigenvalue weighted by Gasteiger charge is -2.22. The molecule has 6 N–H and O–H groups in total. The molecule has 0 aromatic carbocycles. The van der Waals surface area contributed by atoms with Gasteiger partial charge in [0.05, 0.1) is 6.61 Å². The largest absolute Gasteiger partial charge is 0.394 e. The first-order valence-corrected chi connectivity index (χ1v) is 4.76. The minimum atomic E-state index is -1.79. The van der Waals surface area contributed by atoms with Crippen LogP contribution >= 0.6 is 0 Å². The van der Waals surface area contributed by atoms with E-state index >= 15 is 0 Å². The number of aldehydes is 1. The molecule has 0 radical (unpaired) electrons. The number of hydrogen-bond acceptors (Lipinski definition) is 7. The second-order valence-electron chi connectivity index (χ2n) is 3.12. The van der Waals surface area contributed by atoms with E-state index in [0.717, 1.165) is 0 Å². The second-order valence-corrected chi connectivity index (χ2v) is 3.12. The van der Waals surface area contributed by atoms with E-state index in [1.165, 1.54) is 0 Å². The van der Waals surface area contributed by atoms with Crippen LogP contribution in [0.15, 0.2) is 18.5 Å². The maximum Gasteiger partial charge on any atom is 0.151 e. The Labute approximate surface area is 97.2 Å². The SMILES string of the molecule is O=CC(O)C(O)C(O)C(O)CO.c1cn[nH]c1. The molecule has 1 aromatic heterocycles. The molecule has 1 aromatic rings. The van der Waals surface area contributed by atoms with Crippen LogP contribution in [0.2, 0.25) is 0 Å². The van der Waals surface area contributed by atoms with Crippen LogP contribution in [0.25, 0.3) is 0 Å². The van der Waals surface area contributed by atoms with Gasteiger partial charge >= 0.3 is 0 Å². The molecule has 0 saturated heterocycles. The third-order valence-electron chi connectivity index (χ3n) is 1.83. The summed E-state index contributed by atoms with van der Waals surface area (Å²) in [6.45, 7) is -0.760. The van der Waals surface area contributed by atoms with Crippen molar-refractivity contribution < 1.29 is 30.3 Å². The highest BCUT2D eigenvalue weighted by Crippen LogP contribution is 2.02. The number of aliphatic hydroxyl groups is 5. The van der Waals surface area contributed by atoms with Gasteiger partial charge in [-0.1, -0.05) is 0 Å². The van der Waals surface area contributed by atoms with E-state index in [0.29, 0.717) is 0 Å². The van der Waals surface area contributed by atoms with Gasteiger partial charge in [-0.15, -0.1) is 0 Å². The zero-order chi connectivity index (χ0) is 13.3. The molecule has 0 fully saturated rings. The number of nitrogens with zero attached hydrogens (tertiary/aromatic N) is 1. The molecule has 0 saturated carbocycles. The van der Waals surface area contributed by atoms with Gasteiger partial charge < -0.3 is 30.3 Å². The number of nitrogens with one attached hydrogen (secondary N) is 1. The highest BCUT2D eigenvalue weighted by Gasteiger charge is 2.29. The number of carbonyl (C=O) groups excluding carboxylic acids is 1. The number of H-pyrrole nitrogens is 1. The minimum Gasteiger partial charge on any atom is -0.394 e. The molecule has 8 nitrogen and oxygen atoms in total. The van der Waals surface area contributed by atoms with Crippen molar-refractivity contribution in [1.29, 1.82) is 0 Å². The van der Waals surface area contributed by atoms with E-state index in [9.17, 15) is 4.79 Å². The van der Waals surface area contributed by atoms with Crippen molar-refractivity contribution in [2.24, 2.45) is 0 Å². The lowest BCUT2D eigenvalue weighted by molar-refractivity contribution is -0.136. The molecule has 0 aliphatic rings. The van der Waals surface area contributed by atoms with Gasteiger partial charge in [0, 0.05) is 12.4 Å². The molecule has 1 rings (SSSR count). The first-order valence-electron chi connectivity index (χ1n) is 4.76. The summed E-state index contributed by atoms with van der Waals surface area (Å²) in [5, 5.41) is 49.7. The number of carbonyl (C=O) groups is 1. The summed E-state index contributed by atoms with van der Waals surface area (Å²) in [6.07, 6.45) is -3.38. The van der Waals surface area contributed by atoms with Crippen LogP contribution in [0.3, 0.4) is 0 Å². The summed E-state index contributed by atoms with van der Waals surface area (Å²) < 4.78 is 0. The van der Waals surface area contributed by atoms with E-state index in [-0.39, 0.29) is 6.29 Å². The molecule has 4 unspecified atom stereocenters. The van der Waals surface area contributed by atoms with Gasteiger partial charge in [-0.05, 0) is 6.07 Å².